The molecular formula is C34H42FN3O5. The maximum atomic E-state index is 13.2. The van der Waals surface area contributed by atoms with Crippen LogP contribution in [-0.4, -0.2) is 47.3 Å². The summed E-state index contributed by atoms with van der Waals surface area (Å²) in [5.41, 5.74) is 8.86. The van der Waals surface area contributed by atoms with Gasteiger partial charge in [-0.3, -0.25) is 4.79 Å². The molecule has 1 aromatic heterocycles. The van der Waals surface area contributed by atoms with Gasteiger partial charge in [-0.15, -0.1) is 0 Å². The summed E-state index contributed by atoms with van der Waals surface area (Å²) in [4.78, 5) is 32.3. The number of carbonyl (C=O) groups excluding carboxylic acids is 1. The molecule has 0 bridgehead atoms. The Morgan fingerprint density at radius 1 is 1.07 bits per heavy atom. The first kappa shape index (κ1) is 31.9. The molecule has 2 heterocycles. The van der Waals surface area contributed by atoms with Crippen LogP contribution in [0.3, 0.4) is 0 Å². The number of primary amides is 1. The molecule has 1 aliphatic rings. The largest absolute Gasteiger partial charge is 0.493 e. The van der Waals surface area contributed by atoms with E-state index in [0.717, 1.165) is 18.4 Å². The number of ether oxygens (including phenoxy) is 2. The molecule has 4 rings (SSSR count). The first-order chi connectivity index (χ1) is 20.1. The molecule has 3 aromatic rings. The SMILES string of the molecule is Cc1nc(C(N)=O)c(-c2ccc(OCCc3ccc(F)cc3)cc2)c(N2CCC(C)(C)CC2)c1[C@H](OC(C)(C)C)C(=O)O. The molecule has 1 amide bonds. The highest BCUT2D eigenvalue weighted by Gasteiger charge is 2.37. The lowest BCUT2D eigenvalue weighted by Gasteiger charge is -2.41. The average molecular weight is 592 g/mol. The molecule has 1 atom stereocenters. The van der Waals surface area contributed by atoms with E-state index < -0.39 is 23.6 Å². The van der Waals surface area contributed by atoms with Crippen LogP contribution >= 0.6 is 0 Å². The van der Waals surface area contributed by atoms with Gasteiger partial charge >= 0.3 is 5.97 Å². The number of hydrogen-bond donors (Lipinski definition) is 2. The second kappa shape index (κ2) is 12.7. The number of nitrogens with two attached hydrogens (primary N) is 1. The number of carboxylic acids is 1. The molecule has 0 radical (unpaired) electrons. The van der Waals surface area contributed by atoms with E-state index in [1.54, 1.807) is 31.2 Å². The van der Waals surface area contributed by atoms with Crippen LogP contribution in [0.4, 0.5) is 10.1 Å². The Kier molecular flexibility index (Phi) is 9.44. The lowest BCUT2D eigenvalue weighted by molar-refractivity contribution is -0.160. The van der Waals surface area contributed by atoms with Crippen molar-refractivity contribution in [2.45, 2.75) is 72.5 Å². The minimum atomic E-state index is -1.31. The highest BCUT2D eigenvalue weighted by Crippen LogP contribution is 2.45. The summed E-state index contributed by atoms with van der Waals surface area (Å²) in [6, 6.07) is 13.6. The predicted octanol–water partition coefficient (Wildman–Crippen LogP) is 6.48. The Morgan fingerprint density at radius 2 is 1.67 bits per heavy atom. The number of amides is 1. The summed E-state index contributed by atoms with van der Waals surface area (Å²) in [5, 5.41) is 10.4. The van der Waals surface area contributed by atoms with Crippen molar-refractivity contribution in [1.29, 1.82) is 0 Å². The lowest BCUT2D eigenvalue weighted by atomic mass is 9.81. The zero-order chi connectivity index (χ0) is 31.5. The van der Waals surface area contributed by atoms with Gasteiger partial charge in [0.25, 0.3) is 5.91 Å². The summed E-state index contributed by atoms with van der Waals surface area (Å²) < 4.78 is 25.3. The van der Waals surface area contributed by atoms with Gasteiger partial charge in [-0.2, -0.15) is 0 Å². The Labute approximate surface area is 253 Å². The van der Waals surface area contributed by atoms with E-state index in [9.17, 15) is 19.1 Å². The quantitative estimate of drug-likeness (QED) is 0.277. The van der Waals surface area contributed by atoms with Crippen molar-refractivity contribution < 1.29 is 28.6 Å². The second-order valence-electron chi connectivity index (χ2n) is 12.9. The number of aryl methyl sites for hydroxylation is 1. The fourth-order valence-corrected chi connectivity index (χ4v) is 5.37. The van der Waals surface area contributed by atoms with Gasteiger partial charge in [-0.05, 0) is 81.3 Å². The van der Waals surface area contributed by atoms with Crippen LogP contribution < -0.4 is 15.4 Å². The third-order valence-corrected chi connectivity index (χ3v) is 7.74. The van der Waals surface area contributed by atoms with E-state index in [4.69, 9.17) is 15.2 Å². The highest BCUT2D eigenvalue weighted by molar-refractivity contribution is 6.03. The van der Waals surface area contributed by atoms with Crippen LogP contribution in [0.15, 0.2) is 48.5 Å². The Balaban J connectivity index is 1.79. The molecule has 0 aliphatic carbocycles. The number of aliphatic carboxylic acids is 1. The summed E-state index contributed by atoms with van der Waals surface area (Å²) in [5.74, 6) is -1.50. The third kappa shape index (κ3) is 7.90. The van der Waals surface area contributed by atoms with Crippen LogP contribution in [0.25, 0.3) is 11.1 Å². The van der Waals surface area contributed by atoms with Crippen molar-refractivity contribution >= 4 is 17.6 Å². The Bertz CT molecular complexity index is 1450. The number of benzene rings is 2. The van der Waals surface area contributed by atoms with Crippen molar-refractivity contribution in [1.82, 2.24) is 4.98 Å². The molecule has 1 aliphatic heterocycles. The van der Waals surface area contributed by atoms with Crippen molar-refractivity contribution in [3.8, 4) is 16.9 Å². The molecule has 0 unspecified atom stereocenters. The average Bonchev–Trinajstić information content (AvgIpc) is 2.92. The molecule has 1 saturated heterocycles. The van der Waals surface area contributed by atoms with E-state index in [2.05, 4.69) is 23.7 Å². The first-order valence-electron chi connectivity index (χ1n) is 14.6. The van der Waals surface area contributed by atoms with Crippen molar-refractivity contribution in [2.75, 3.05) is 24.6 Å². The molecule has 9 heteroatoms. The Hall–Kier alpha value is -3.98. The van der Waals surface area contributed by atoms with Crippen LogP contribution in [0.2, 0.25) is 0 Å². The zero-order valence-electron chi connectivity index (χ0n) is 25.9. The summed E-state index contributed by atoms with van der Waals surface area (Å²) in [7, 11) is 0. The number of anilines is 1. The third-order valence-electron chi connectivity index (χ3n) is 7.74. The number of aromatic nitrogens is 1. The van der Waals surface area contributed by atoms with Gasteiger partial charge in [0.2, 0.25) is 0 Å². The maximum absolute atomic E-state index is 13.2. The molecule has 0 spiro atoms. The number of pyridine rings is 1. The first-order valence-corrected chi connectivity index (χ1v) is 14.6. The number of carbonyl (C=O) groups is 2. The molecule has 1 fully saturated rings. The molecule has 2 aromatic carbocycles. The van der Waals surface area contributed by atoms with E-state index in [1.807, 2.05) is 32.9 Å². The smallest absolute Gasteiger partial charge is 0.337 e. The highest BCUT2D eigenvalue weighted by atomic mass is 19.1. The summed E-state index contributed by atoms with van der Waals surface area (Å²) >= 11 is 0. The second-order valence-corrected chi connectivity index (χ2v) is 12.9. The minimum Gasteiger partial charge on any atom is -0.493 e. The lowest BCUT2D eigenvalue weighted by Crippen LogP contribution is -2.39. The van der Waals surface area contributed by atoms with Crippen LogP contribution in [0, 0.1) is 18.2 Å². The molecule has 8 nitrogen and oxygen atoms in total. The maximum Gasteiger partial charge on any atom is 0.337 e. The van der Waals surface area contributed by atoms with Crippen molar-refractivity contribution in [3.63, 3.8) is 0 Å². The van der Waals surface area contributed by atoms with E-state index in [0.29, 0.717) is 59.9 Å². The number of rotatable bonds is 10. The van der Waals surface area contributed by atoms with Crippen molar-refractivity contribution in [3.05, 3.63) is 76.9 Å². The van der Waals surface area contributed by atoms with E-state index >= 15 is 0 Å². The predicted molar refractivity (Wildman–Crippen MR) is 165 cm³/mol. The monoisotopic (exact) mass is 591 g/mol. The van der Waals surface area contributed by atoms with Gasteiger partial charge in [0.05, 0.1) is 17.9 Å². The number of hydrogen-bond acceptors (Lipinski definition) is 6. The van der Waals surface area contributed by atoms with Crippen LogP contribution in [0.1, 0.15) is 80.9 Å². The fourth-order valence-electron chi connectivity index (χ4n) is 5.37. The van der Waals surface area contributed by atoms with Crippen LogP contribution in [-0.2, 0) is 16.0 Å². The number of halogens is 1. The molecular weight excluding hydrogens is 549 g/mol. The molecule has 230 valence electrons. The molecule has 43 heavy (non-hydrogen) atoms. The van der Waals surface area contributed by atoms with Gasteiger partial charge in [0, 0.05) is 36.3 Å². The van der Waals surface area contributed by atoms with Crippen LogP contribution in [0.5, 0.6) is 5.75 Å². The topological polar surface area (TPSA) is 115 Å². The summed E-state index contributed by atoms with van der Waals surface area (Å²) in [6.07, 6.45) is 1.07. The zero-order valence-corrected chi connectivity index (χ0v) is 25.9. The summed E-state index contributed by atoms with van der Waals surface area (Å²) in [6.45, 7) is 13.3. The van der Waals surface area contributed by atoms with Gasteiger partial charge in [-0.25, -0.2) is 14.2 Å². The Morgan fingerprint density at radius 3 is 2.21 bits per heavy atom. The van der Waals surface area contributed by atoms with E-state index in [1.165, 1.54) is 12.1 Å². The number of piperidine rings is 1. The normalized spacial score (nSPS) is 15.7. The standard InChI is InChI=1S/C34H42FN3O5/c1-21-26(30(32(40)41)43-33(2,3)4)29(38-18-16-34(5,6)17-19-38)27(28(37-21)31(36)39)23-9-13-25(14-10-23)42-20-15-22-7-11-24(35)12-8-22/h7-14,30H,15-20H2,1-6H3,(H2,36,39)(H,40,41)/t30-/m0/s1. The molecule has 3 N–H and O–H groups in total. The van der Waals surface area contributed by atoms with Crippen molar-refractivity contribution in [2.24, 2.45) is 11.1 Å². The number of nitrogens with zero attached hydrogens (tertiary/aromatic N) is 2. The van der Waals surface area contributed by atoms with Gasteiger partial charge < -0.3 is 25.2 Å². The minimum absolute atomic E-state index is 0.0750. The number of carboxylic acid groups (broad SMARTS) is 1. The van der Waals surface area contributed by atoms with Gasteiger partial charge in [0.1, 0.15) is 17.3 Å². The van der Waals surface area contributed by atoms with Gasteiger partial charge in [0.15, 0.2) is 6.10 Å². The van der Waals surface area contributed by atoms with Gasteiger partial charge in [-0.1, -0.05) is 38.1 Å². The fraction of sp³-hybridized carbons (Fsp3) is 0.441. The molecule has 0 saturated carbocycles. The van der Waals surface area contributed by atoms with E-state index in [-0.39, 0.29) is 16.9 Å².